The van der Waals surface area contributed by atoms with E-state index in [4.69, 9.17) is 0 Å². The van der Waals surface area contributed by atoms with Crippen LogP contribution in [0, 0.1) is 5.92 Å². The summed E-state index contributed by atoms with van der Waals surface area (Å²) in [6, 6.07) is 0. The predicted molar refractivity (Wildman–Crippen MR) is 63.1 cm³/mol. The zero-order chi connectivity index (χ0) is 13.1. The minimum atomic E-state index is -1.04. The van der Waals surface area contributed by atoms with Gasteiger partial charge in [0.05, 0.1) is 6.20 Å². The van der Waals surface area contributed by atoms with Crippen molar-refractivity contribution in [2.75, 3.05) is 6.54 Å². The summed E-state index contributed by atoms with van der Waals surface area (Å²) in [5, 5.41) is 20.1. The van der Waals surface area contributed by atoms with E-state index in [2.05, 4.69) is 15.6 Å². The maximum atomic E-state index is 11.5. The van der Waals surface area contributed by atoms with E-state index in [1.165, 1.54) is 4.68 Å². The summed E-state index contributed by atoms with van der Waals surface area (Å²) < 4.78 is 1.42. The summed E-state index contributed by atoms with van der Waals surface area (Å²) in [6.45, 7) is 8.08. The van der Waals surface area contributed by atoms with Crippen molar-refractivity contribution in [1.29, 1.82) is 0 Å². The highest BCUT2D eigenvalue weighted by atomic mass is 16.3. The van der Waals surface area contributed by atoms with Crippen molar-refractivity contribution < 1.29 is 9.90 Å². The molecule has 1 rings (SSSR count). The normalized spacial score (nSPS) is 11.9. The van der Waals surface area contributed by atoms with Gasteiger partial charge in [0.25, 0.3) is 0 Å². The van der Waals surface area contributed by atoms with Crippen molar-refractivity contribution in [3.05, 3.63) is 11.9 Å². The number of carbonyl (C=O) groups is 1. The number of aromatic nitrogens is 3. The molecule has 0 saturated heterocycles. The van der Waals surface area contributed by atoms with Gasteiger partial charge in [-0.25, -0.2) is 4.68 Å². The first-order valence-electron chi connectivity index (χ1n) is 5.68. The molecule has 1 aromatic rings. The van der Waals surface area contributed by atoms with E-state index in [9.17, 15) is 9.90 Å². The van der Waals surface area contributed by atoms with E-state index < -0.39 is 5.60 Å². The van der Waals surface area contributed by atoms with Gasteiger partial charge >= 0.3 is 0 Å². The van der Waals surface area contributed by atoms with Crippen molar-refractivity contribution in [2.45, 2.75) is 39.8 Å². The van der Waals surface area contributed by atoms with Gasteiger partial charge in [-0.1, -0.05) is 19.1 Å². The second-order valence-corrected chi connectivity index (χ2v) is 5.06. The summed E-state index contributed by atoms with van der Waals surface area (Å²) in [4.78, 5) is 11.5. The van der Waals surface area contributed by atoms with Crippen LogP contribution in [0.15, 0.2) is 6.20 Å². The first kappa shape index (κ1) is 13.6. The smallest absolute Gasteiger partial charge is 0.241 e. The second kappa shape index (κ2) is 5.27. The first-order valence-corrected chi connectivity index (χ1v) is 5.68. The lowest BCUT2D eigenvalue weighted by molar-refractivity contribution is -0.122. The van der Waals surface area contributed by atoms with Crippen LogP contribution in [-0.2, 0) is 16.9 Å². The average molecular weight is 240 g/mol. The van der Waals surface area contributed by atoms with Crippen molar-refractivity contribution >= 4 is 5.91 Å². The van der Waals surface area contributed by atoms with Crippen molar-refractivity contribution in [3.63, 3.8) is 0 Å². The number of rotatable bonds is 5. The van der Waals surface area contributed by atoms with Crippen LogP contribution in [0.5, 0.6) is 0 Å². The monoisotopic (exact) mass is 240 g/mol. The lowest BCUT2D eigenvalue weighted by Crippen LogP contribution is -2.30. The third-order valence-electron chi connectivity index (χ3n) is 2.18. The van der Waals surface area contributed by atoms with Crippen LogP contribution in [0.3, 0.4) is 0 Å². The maximum Gasteiger partial charge on any atom is 0.241 e. The zero-order valence-electron chi connectivity index (χ0n) is 10.8. The number of carbonyl (C=O) groups excluding carboxylic acids is 1. The Morgan fingerprint density at radius 3 is 2.71 bits per heavy atom. The Kier molecular flexibility index (Phi) is 4.22. The molecule has 6 nitrogen and oxygen atoms in total. The van der Waals surface area contributed by atoms with Gasteiger partial charge in [0.15, 0.2) is 0 Å². The van der Waals surface area contributed by atoms with Crippen LogP contribution in [0.2, 0.25) is 0 Å². The molecule has 0 radical (unpaired) electrons. The Morgan fingerprint density at radius 1 is 1.59 bits per heavy atom. The highest BCUT2D eigenvalue weighted by molar-refractivity contribution is 5.75. The molecule has 0 aliphatic heterocycles. The van der Waals surface area contributed by atoms with E-state index in [-0.39, 0.29) is 12.5 Å². The lowest BCUT2D eigenvalue weighted by Gasteiger charge is -2.11. The summed E-state index contributed by atoms with van der Waals surface area (Å²) in [5.74, 6) is 0.313. The van der Waals surface area contributed by atoms with Crippen LogP contribution in [0.4, 0.5) is 0 Å². The molecular formula is C11H20N4O2. The van der Waals surface area contributed by atoms with Crippen LogP contribution in [0.1, 0.15) is 33.4 Å². The predicted octanol–water partition coefficient (Wildman–Crippen LogP) is 0.278. The summed E-state index contributed by atoms with van der Waals surface area (Å²) >= 11 is 0. The lowest BCUT2D eigenvalue weighted by atomic mass is 10.1. The van der Waals surface area contributed by atoms with Gasteiger partial charge in [0.2, 0.25) is 5.91 Å². The summed E-state index contributed by atoms with van der Waals surface area (Å²) in [7, 11) is 0. The molecule has 0 aromatic carbocycles. The van der Waals surface area contributed by atoms with Gasteiger partial charge in [-0.2, -0.15) is 0 Å². The largest absolute Gasteiger partial charge is 0.384 e. The summed E-state index contributed by atoms with van der Waals surface area (Å²) in [5.41, 5.74) is -0.582. The SMILES string of the molecule is CC(C)CNC(=O)Cn1cc(C(C)(C)O)nn1. The van der Waals surface area contributed by atoms with E-state index in [1.807, 2.05) is 13.8 Å². The quantitative estimate of drug-likeness (QED) is 0.774. The molecule has 17 heavy (non-hydrogen) atoms. The van der Waals surface area contributed by atoms with Gasteiger partial charge < -0.3 is 10.4 Å². The molecule has 0 fully saturated rings. The van der Waals surface area contributed by atoms with Crippen molar-refractivity contribution in [2.24, 2.45) is 5.92 Å². The third-order valence-corrected chi connectivity index (χ3v) is 2.18. The zero-order valence-corrected chi connectivity index (χ0v) is 10.8. The molecule has 96 valence electrons. The van der Waals surface area contributed by atoms with Gasteiger partial charge in [-0.15, -0.1) is 5.10 Å². The summed E-state index contributed by atoms with van der Waals surface area (Å²) in [6.07, 6.45) is 1.58. The van der Waals surface area contributed by atoms with E-state index in [0.717, 1.165) is 0 Å². The molecule has 2 N–H and O–H groups in total. The fourth-order valence-corrected chi connectivity index (χ4v) is 1.18. The Labute approximate surface area is 101 Å². The second-order valence-electron chi connectivity index (χ2n) is 5.06. The molecule has 0 saturated carbocycles. The van der Waals surface area contributed by atoms with Crippen LogP contribution in [-0.4, -0.2) is 32.6 Å². The Bertz CT molecular complexity index is 379. The molecule has 1 heterocycles. The van der Waals surface area contributed by atoms with Crippen LogP contribution in [0.25, 0.3) is 0 Å². The minimum Gasteiger partial charge on any atom is -0.384 e. The van der Waals surface area contributed by atoms with E-state index in [0.29, 0.717) is 18.2 Å². The van der Waals surface area contributed by atoms with Crippen LogP contribution < -0.4 is 5.32 Å². The fourth-order valence-electron chi connectivity index (χ4n) is 1.18. The van der Waals surface area contributed by atoms with Crippen molar-refractivity contribution in [1.82, 2.24) is 20.3 Å². The third kappa shape index (κ3) is 4.52. The highest BCUT2D eigenvalue weighted by Gasteiger charge is 2.20. The molecule has 0 atom stereocenters. The topological polar surface area (TPSA) is 80.0 Å². The van der Waals surface area contributed by atoms with Gasteiger partial charge in [-0.3, -0.25) is 4.79 Å². The minimum absolute atomic E-state index is 0.106. The molecule has 0 spiro atoms. The maximum absolute atomic E-state index is 11.5. The number of aliphatic hydroxyl groups is 1. The molecule has 0 aliphatic rings. The van der Waals surface area contributed by atoms with E-state index in [1.54, 1.807) is 20.0 Å². The van der Waals surface area contributed by atoms with Crippen molar-refractivity contribution in [3.8, 4) is 0 Å². The Morgan fingerprint density at radius 2 is 2.24 bits per heavy atom. The molecule has 0 unspecified atom stereocenters. The average Bonchev–Trinajstić information content (AvgIpc) is 2.62. The number of amides is 1. The van der Waals surface area contributed by atoms with Gasteiger partial charge in [0, 0.05) is 6.54 Å². The van der Waals surface area contributed by atoms with E-state index >= 15 is 0 Å². The Balaban J connectivity index is 2.52. The Hall–Kier alpha value is -1.43. The fraction of sp³-hybridized carbons (Fsp3) is 0.727. The highest BCUT2D eigenvalue weighted by Crippen LogP contribution is 2.15. The molecule has 1 amide bonds. The number of hydrogen-bond donors (Lipinski definition) is 2. The number of nitrogens with zero attached hydrogens (tertiary/aromatic N) is 3. The molecule has 0 bridgehead atoms. The van der Waals surface area contributed by atoms with Gasteiger partial charge in [-0.05, 0) is 19.8 Å². The van der Waals surface area contributed by atoms with Crippen LogP contribution >= 0.6 is 0 Å². The standard InChI is InChI=1S/C11H20N4O2/c1-8(2)5-12-10(16)7-15-6-9(13-14-15)11(3,4)17/h6,8,17H,5,7H2,1-4H3,(H,12,16). The number of nitrogens with one attached hydrogen (secondary N) is 1. The molecule has 6 heteroatoms. The molecule has 0 aliphatic carbocycles. The molecule has 1 aromatic heterocycles. The first-order chi connectivity index (χ1) is 7.79. The molecular weight excluding hydrogens is 220 g/mol. The number of hydrogen-bond acceptors (Lipinski definition) is 4. The van der Waals surface area contributed by atoms with Gasteiger partial charge in [0.1, 0.15) is 17.8 Å².